The minimum atomic E-state index is 0.396. The molecule has 17 aromatic rings. The van der Waals surface area contributed by atoms with Gasteiger partial charge in [-0.05, 0) is 79.9 Å². The molecular weight excluding hydrogens is 1080 g/mol. The Morgan fingerprint density at radius 2 is 0.698 bits per heavy atom. The number of nitrogens with zero attached hydrogens (tertiary/aromatic N) is 4. The fourth-order valence-corrected chi connectivity index (χ4v) is 16.4. The summed E-state index contributed by atoms with van der Waals surface area (Å²) in [5.74, 6) is 0. The van der Waals surface area contributed by atoms with E-state index in [1.165, 1.54) is 31.3 Å². The van der Waals surface area contributed by atoms with Gasteiger partial charge in [-0.1, -0.05) is 255 Å². The molecular formula is C80H46N4S2. The average Bonchev–Trinajstić information content (AvgIpc) is 1.53. The Morgan fingerprint density at radius 1 is 0.314 bits per heavy atom. The number of aromatic nitrogens is 2. The number of nitriles is 1. The highest BCUT2D eigenvalue weighted by atomic mass is 32.1. The summed E-state index contributed by atoms with van der Waals surface area (Å²) in [6.45, 7) is 9.64. The van der Waals surface area contributed by atoms with Crippen molar-refractivity contribution >= 4 is 112 Å². The van der Waals surface area contributed by atoms with E-state index < -0.39 is 0 Å². The molecule has 0 saturated carbocycles. The molecule has 86 heavy (non-hydrogen) atoms. The first-order valence-corrected chi connectivity index (χ1v) is 30.5. The Kier molecular flexibility index (Phi) is 11.4. The zero-order valence-electron chi connectivity index (χ0n) is 46.2. The first kappa shape index (κ1) is 49.5. The summed E-state index contributed by atoms with van der Waals surface area (Å²) >= 11 is 3.64. The zero-order valence-corrected chi connectivity index (χ0v) is 47.8. The lowest BCUT2D eigenvalue weighted by Crippen LogP contribution is -2.09. The monoisotopic (exact) mass is 1130 g/mol. The van der Waals surface area contributed by atoms with Crippen molar-refractivity contribution in [2.45, 2.75) is 0 Å². The first-order chi connectivity index (χ1) is 42.6. The summed E-state index contributed by atoms with van der Waals surface area (Å²) in [4.78, 5) is 4.70. The van der Waals surface area contributed by atoms with E-state index in [9.17, 15) is 11.8 Å². The summed E-state index contributed by atoms with van der Waals surface area (Å²) in [6, 6.07) is 102. The summed E-state index contributed by atoms with van der Waals surface area (Å²) in [7, 11) is 0. The topological polar surface area (TPSA) is 38.0 Å². The molecule has 0 spiro atoms. The number of rotatable bonds is 8. The molecule has 6 heteroatoms. The SMILES string of the molecule is [C-]#[N+]c1c(-c2ccccc2)c(C#N)c(-n2c3c(ccc4c5cccc(-c6ccccc6)c5sc43)c3ccc4c5cccc(-c6ccccc6)c5sc4c32)c(-c2ccccc2)c1-n1c2ccc(-c3ccccc3)cc2c2cc(-c3ccccc3)ccc21. The highest BCUT2D eigenvalue weighted by molar-refractivity contribution is 7.28. The maximum atomic E-state index is 12.5. The lowest BCUT2D eigenvalue weighted by Gasteiger charge is -2.26. The molecule has 4 aromatic heterocycles. The van der Waals surface area contributed by atoms with Gasteiger partial charge in [0, 0.05) is 63.6 Å². The van der Waals surface area contributed by atoms with Crippen molar-refractivity contribution in [1.82, 2.24) is 9.13 Å². The Hall–Kier alpha value is -11.1. The third-order valence-electron chi connectivity index (χ3n) is 17.4. The van der Waals surface area contributed by atoms with Crippen LogP contribution in [0.15, 0.2) is 279 Å². The maximum absolute atomic E-state index is 12.5. The second-order valence-corrected chi connectivity index (χ2v) is 24.0. The van der Waals surface area contributed by atoms with E-state index in [0.717, 1.165) is 120 Å². The molecule has 398 valence electrons. The van der Waals surface area contributed by atoms with Crippen LogP contribution in [0.4, 0.5) is 5.69 Å². The lowest BCUT2D eigenvalue weighted by atomic mass is 9.88. The van der Waals surface area contributed by atoms with Crippen LogP contribution in [0.3, 0.4) is 0 Å². The zero-order chi connectivity index (χ0) is 57.0. The highest BCUT2D eigenvalue weighted by Gasteiger charge is 2.33. The van der Waals surface area contributed by atoms with Crippen LogP contribution in [-0.2, 0) is 0 Å². The van der Waals surface area contributed by atoms with Gasteiger partial charge in [0.2, 0.25) is 5.69 Å². The molecule has 0 amide bonds. The molecule has 0 aliphatic rings. The van der Waals surface area contributed by atoms with E-state index in [4.69, 9.17) is 4.85 Å². The highest BCUT2D eigenvalue weighted by Crippen LogP contribution is 2.56. The van der Waals surface area contributed by atoms with Crippen LogP contribution in [0.2, 0.25) is 0 Å². The number of hydrogen-bond donors (Lipinski definition) is 0. The third-order valence-corrected chi connectivity index (χ3v) is 19.9. The molecule has 0 aliphatic heterocycles. The van der Waals surface area contributed by atoms with E-state index in [1.807, 2.05) is 40.9 Å². The van der Waals surface area contributed by atoms with Crippen molar-refractivity contribution in [2.24, 2.45) is 0 Å². The van der Waals surface area contributed by atoms with Gasteiger partial charge in [-0.25, -0.2) is 4.85 Å². The molecule has 0 N–H and O–H groups in total. The van der Waals surface area contributed by atoms with Crippen LogP contribution in [-0.4, -0.2) is 9.13 Å². The Bertz CT molecular complexity index is 5420. The molecule has 0 unspecified atom stereocenters. The van der Waals surface area contributed by atoms with E-state index in [-0.39, 0.29) is 0 Å². The van der Waals surface area contributed by atoms with Crippen LogP contribution >= 0.6 is 22.7 Å². The molecule has 4 heterocycles. The minimum Gasteiger partial charge on any atom is -0.318 e. The largest absolute Gasteiger partial charge is 0.318 e. The number of benzene rings is 13. The summed E-state index contributed by atoms with van der Waals surface area (Å²) in [6.07, 6.45) is 0. The van der Waals surface area contributed by atoms with Crippen molar-refractivity contribution in [3.05, 3.63) is 296 Å². The molecule has 0 bridgehead atoms. The van der Waals surface area contributed by atoms with Gasteiger partial charge in [0.15, 0.2) is 0 Å². The minimum absolute atomic E-state index is 0.396. The second kappa shape index (κ2) is 19.8. The number of thiophene rings is 2. The standard InChI is InChI=1S/C80H46N4S2/c1-82-72-70(53-30-16-6-17-31-53)67(48-81)73(71(54-32-18-7-19-33-54)76(72)83-68-44-38-55(49-22-8-2-9-23-49)46-65(68)66-47-56(39-45-69(66)83)50-24-10-3-11-25-50)84-74-59(40-42-63-61-36-20-34-57(77(61)85-79(63)74)51-26-12-4-13-27-51)60-41-43-64-62-37-21-35-58(52-28-14-5-15-29-52)78(62)86-80(64)75(60)84/h2-47H. The molecule has 0 fully saturated rings. The quantitative estimate of drug-likeness (QED) is 0.140. The Morgan fingerprint density at radius 3 is 1.12 bits per heavy atom. The van der Waals surface area contributed by atoms with E-state index >= 15 is 0 Å². The molecule has 13 aromatic carbocycles. The summed E-state index contributed by atoms with van der Waals surface area (Å²) in [5, 5.41) is 21.5. The van der Waals surface area contributed by atoms with Gasteiger partial charge in [0.25, 0.3) is 0 Å². The smallest absolute Gasteiger partial charge is 0.220 e. The van der Waals surface area contributed by atoms with Gasteiger partial charge in [-0.3, -0.25) is 0 Å². The van der Waals surface area contributed by atoms with Crippen LogP contribution in [0.5, 0.6) is 0 Å². The average molecular weight is 1130 g/mol. The summed E-state index contributed by atoms with van der Waals surface area (Å²) in [5.41, 5.74) is 18.3. The van der Waals surface area contributed by atoms with Crippen molar-refractivity contribution < 1.29 is 0 Å². The number of hydrogen-bond acceptors (Lipinski definition) is 3. The van der Waals surface area contributed by atoms with Crippen LogP contribution < -0.4 is 0 Å². The maximum Gasteiger partial charge on any atom is 0.220 e. The molecule has 0 atom stereocenters. The third kappa shape index (κ3) is 7.45. The molecule has 4 nitrogen and oxygen atoms in total. The Labute approximate surface area is 503 Å². The van der Waals surface area contributed by atoms with Crippen LogP contribution in [0.1, 0.15) is 5.56 Å². The van der Waals surface area contributed by atoms with Gasteiger partial charge >= 0.3 is 0 Å². The fourth-order valence-electron chi connectivity index (χ4n) is 13.6. The van der Waals surface area contributed by atoms with Gasteiger partial charge in [0.05, 0.1) is 55.0 Å². The van der Waals surface area contributed by atoms with Crippen LogP contribution in [0.25, 0.3) is 167 Å². The Balaban J connectivity index is 1.12. The van der Waals surface area contributed by atoms with Crippen LogP contribution in [0, 0.1) is 17.9 Å². The van der Waals surface area contributed by atoms with Crippen molar-refractivity contribution in [3.63, 3.8) is 0 Å². The van der Waals surface area contributed by atoms with E-state index in [1.54, 1.807) is 0 Å². The summed E-state index contributed by atoms with van der Waals surface area (Å²) < 4.78 is 9.46. The van der Waals surface area contributed by atoms with Gasteiger partial charge in [0.1, 0.15) is 6.07 Å². The molecule has 0 saturated heterocycles. The first-order valence-electron chi connectivity index (χ1n) is 28.8. The predicted molar refractivity (Wildman–Crippen MR) is 364 cm³/mol. The molecule has 17 rings (SSSR count). The van der Waals surface area contributed by atoms with Crippen molar-refractivity contribution in [3.8, 4) is 84.2 Å². The van der Waals surface area contributed by atoms with Crippen molar-refractivity contribution in [2.75, 3.05) is 0 Å². The van der Waals surface area contributed by atoms with Gasteiger partial charge in [-0.15, -0.1) is 22.7 Å². The normalized spacial score (nSPS) is 11.7. The number of fused-ring (bicyclic) bond motifs is 14. The molecule has 0 aliphatic carbocycles. The predicted octanol–water partition coefficient (Wildman–Crippen LogP) is 23.0. The fraction of sp³-hybridized carbons (Fsp3) is 0. The molecule has 0 radical (unpaired) electrons. The second-order valence-electron chi connectivity index (χ2n) is 22.0. The van der Waals surface area contributed by atoms with Crippen molar-refractivity contribution in [1.29, 1.82) is 5.26 Å². The van der Waals surface area contributed by atoms with E-state index in [2.05, 4.69) is 276 Å². The van der Waals surface area contributed by atoms with Gasteiger partial charge in [-0.2, -0.15) is 5.26 Å². The van der Waals surface area contributed by atoms with Gasteiger partial charge < -0.3 is 9.13 Å². The lowest BCUT2D eigenvalue weighted by molar-refractivity contribution is 1.14. The van der Waals surface area contributed by atoms with E-state index in [0.29, 0.717) is 22.5 Å².